The van der Waals surface area contributed by atoms with Crippen LogP contribution in [0.5, 0.6) is 0 Å². The number of rotatable bonds is 4. The Kier molecular flexibility index (Phi) is 4.39. The molecule has 0 saturated heterocycles. The first kappa shape index (κ1) is 14.8. The van der Waals surface area contributed by atoms with Crippen molar-refractivity contribution < 1.29 is 9.72 Å². The van der Waals surface area contributed by atoms with Crippen LogP contribution in [0.15, 0.2) is 42.5 Å². The van der Waals surface area contributed by atoms with Gasteiger partial charge in [-0.25, -0.2) is 0 Å². The Hall–Kier alpha value is -2.60. The van der Waals surface area contributed by atoms with Crippen molar-refractivity contribution in [1.82, 2.24) is 5.32 Å². The van der Waals surface area contributed by atoms with Crippen molar-refractivity contribution in [3.63, 3.8) is 0 Å². The van der Waals surface area contributed by atoms with Gasteiger partial charge < -0.3 is 11.1 Å². The van der Waals surface area contributed by atoms with Crippen LogP contribution in [0.4, 0.5) is 11.4 Å². The number of nitro groups is 1. The van der Waals surface area contributed by atoms with Gasteiger partial charge in [-0.15, -0.1) is 0 Å². The van der Waals surface area contributed by atoms with Crippen LogP contribution in [-0.2, 0) is 6.54 Å². The van der Waals surface area contributed by atoms with Gasteiger partial charge in [-0.3, -0.25) is 14.9 Å². The molecule has 3 N–H and O–H groups in total. The summed E-state index contributed by atoms with van der Waals surface area (Å²) in [6, 6.07) is 11.0. The Morgan fingerprint density at radius 1 is 1.24 bits per heavy atom. The van der Waals surface area contributed by atoms with Crippen LogP contribution >= 0.6 is 11.6 Å². The highest BCUT2D eigenvalue weighted by Gasteiger charge is 2.15. The van der Waals surface area contributed by atoms with E-state index in [4.69, 9.17) is 17.3 Å². The Morgan fingerprint density at radius 3 is 2.52 bits per heavy atom. The van der Waals surface area contributed by atoms with E-state index >= 15 is 0 Å². The van der Waals surface area contributed by atoms with Crippen molar-refractivity contribution in [3.05, 3.63) is 68.7 Å². The second-order valence-corrected chi connectivity index (χ2v) is 4.78. The predicted molar refractivity (Wildman–Crippen MR) is 80.1 cm³/mol. The van der Waals surface area contributed by atoms with E-state index in [1.165, 1.54) is 12.1 Å². The minimum atomic E-state index is -0.620. The summed E-state index contributed by atoms with van der Waals surface area (Å²) in [6.07, 6.45) is 0. The highest BCUT2D eigenvalue weighted by molar-refractivity contribution is 6.30. The van der Waals surface area contributed by atoms with Gasteiger partial charge in [0.2, 0.25) is 0 Å². The molecule has 0 aliphatic carbocycles. The molecule has 2 aromatic rings. The second-order valence-electron chi connectivity index (χ2n) is 4.34. The lowest BCUT2D eigenvalue weighted by Crippen LogP contribution is -2.22. The number of nitro benzene ring substituents is 1. The average Bonchev–Trinajstić information content (AvgIpc) is 2.46. The van der Waals surface area contributed by atoms with Gasteiger partial charge in [0.05, 0.1) is 4.92 Å². The number of halogens is 1. The van der Waals surface area contributed by atoms with Crippen LogP contribution < -0.4 is 11.1 Å². The van der Waals surface area contributed by atoms with E-state index in [9.17, 15) is 14.9 Å². The normalized spacial score (nSPS) is 10.1. The molecule has 0 fully saturated rings. The Labute approximate surface area is 125 Å². The van der Waals surface area contributed by atoms with Gasteiger partial charge in [0.25, 0.3) is 11.6 Å². The van der Waals surface area contributed by atoms with E-state index in [0.29, 0.717) is 11.6 Å². The number of amides is 1. The minimum Gasteiger partial charge on any atom is -0.393 e. The molecule has 0 radical (unpaired) electrons. The SMILES string of the molecule is Nc1ccc(C(=O)NCc2ccc(Cl)cc2)cc1[N+](=O)[O-]. The summed E-state index contributed by atoms with van der Waals surface area (Å²) in [4.78, 5) is 22.1. The zero-order valence-electron chi connectivity index (χ0n) is 10.9. The molecule has 1 amide bonds. The molecule has 0 spiro atoms. The smallest absolute Gasteiger partial charge is 0.292 e. The number of hydrogen-bond acceptors (Lipinski definition) is 4. The lowest BCUT2D eigenvalue weighted by atomic mass is 10.1. The van der Waals surface area contributed by atoms with Crippen LogP contribution in [0.25, 0.3) is 0 Å². The molecule has 108 valence electrons. The maximum atomic E-state index is 12.0. The maximum Gasteiger partial charge on any atom is 0.292 e. The average molecular weight is 306 g/mol. The van der Waals surface area contributed by atoms with E-state index in [1.807, 2.05) is 0 Å². The van der Waals surface area contributed by atoms with Crippen LogP contribution in [0.1, 0.15) is 15.9 Å². The third-order valence-corrected chi connectivity index (χ3v) is 3.11. The number of carbonyl (C=O) groups excluding carboxylic acids is 1. The van der Waals surface area contributed by atoms with E-state index < -0.39 is 10.8 Å². The Morgan fingerprint density at radius 2 is 1.90 bits per heavy atom. The minimum absolute atomic E-state index is 0.0225. The monoisotopic (exact) mass is 305 g/mol. The summed E-state index contributed by atoms with van der Waals surface area (Å²) >= 11 is 5.77. The molecule has 0 aliphatic rings. The summed E-state index contributed by atoms with van der Waals surface area (Å²) in [7, 11) is 0. The Bertz CT molecular complexity index is 686. The molecule has 0 aromatic heterocycles. The van der Waals surface area contributed by atoms with Gasteiger partial charge in [-0.2, -0.15) is 0 Å². The molecule has 0 aliphatic heterocycles. The zero-order chi connectivity index (χ0) is 15.4. The first-order chi connectivity index (χ1) is 9.97. The lowest BCUT2D eigenvalue weighted by molar-refractivity contribution is -0.383. The summed E-state index contributed by atoms with van der Waals surface area (Å²) in [5.74, 6) is -0.409. The molecule has 0 saturated carbocycles. The summed E-state index contributed by atoms with van der Waals surface area (Å²) < 4.78 is 0. The van der Waals surface area contributed by atoms with E-state index in [2.05, 4.69) is 5.32 Å². The fourth-order valence-corrected chi connectivity index (χ4v) is 1.86. The highest BCUT2D eigenvalue weighted by Crippen LogP contribution is 2.22. The molecule has 0 unspecified atom stereocenters. The fraction of sp³-hybridized carbons (Fsp3) is 0.0714. The summed E-state index contributed by atoms with van der Waals surface area (Å²) in [5, 5.41) is 14.1. The third-order valence-electron chi connectivity index (χ3n) is 2.86. The molecule has 7 heteroatoms. The largest absolute Gasteiger partial charge is 0.393 e. The van der Waals surface area contributed by atoms with E-state index in [-0.39, 0.29) is 16.9 Å². The molecule has 6 nitrogen and oxygen atoms in total. The molecule has 21 heavy (non-hydrogen) atoms. The number of carbonyl (C=O) groups is 1. The Balaban J connectivity index is 2.08. The van der Waals surface area contributed by atoms with Crippen molar-refractivity contribution >= 4 is 28.9 Å². The number of nitrogen functional groups attached to an aromatic ring is 1. The second kappa shape index (κ2) is 6.23. The third kappa shape index (κ3) is 3.70. The van der Waals surface area contributed by atoms with E-state index in [1.54, 1.807) is 24.3 Å². The van der Waals surface area contributed by atoms with Crippen LogP contribution in [0.3, 0.4) is 0 Å². The van der Waals surface area contributed by atoms with Gasteiger partial charge in [0.15, 0.2) is 0 Å². The lowest BCUT2D eigenvalue weighted by Gasteiger charge is -2.06. The van der Waals surface area contributed by atoms with Gasteiger partial charge in [0.1, 0.15) is 5.69 Å². The first-order valence-corrected chi connectivity index (χ1v) is 6.42. The molecule has 2 rings (SSSR count). The van der Waals surface area contributed by atoms with Crippen molar-refractivity contribution in [3.8, 4) is 0 Å². The maximum absolute atomic E-state index is 12.0. The first-order valence-electron chi connectivity index (χ1n) is 6.04. The van der Waals surface area contributed by atoms with E-state index in [0.717, 1.165) is 11.6 Å². The van der Waals surface area contributed by atoms with Crippen molar-refractivity contribution in [1.29, 1.82) is 0 Å². The highest BCUT2D eigenvalue weighted by atomic mass is 35.5. The van der Waals surface area contributed by atoms with Crippen molar-refractivity contribution in [2.45, 2.75) is 6.54 Å². The molecule has 0 atom stereocenters. The predicted octanol–water partition coefficient (Wildman–Crippen LogP) is 2.76. The topological polar surface area (TPSA) is 98.3 Å². The van der Waals surface area contributed by atoms with Crippen LogP contribution in [-0.4, -0.2) is 10.8 Å². The van der Waals surface area contributed by atoms with Crippen molar-refractivity contribution in [2.24, 2.45) is 0 Å². The number of benzene rings is 2. The number of nitrogens with two attached hydrogens (primary N) is 1. The molecule has 0 bridgehead atoms. The fourth-order valence-electron chi connectivity index (χ4n) is 1.73. The number of nitrogens with zero attached hydrogens (tertiary/aromatic N) is 1. The van der Waals surface area contributed by atoms with Gasteiger partial charge >= 0.3 is 0 Å². The number of anilines is 1. The molecular formula is C14H12ClN3O3. The van der Waals surface area contributed by atoms with Crippen molar-refractivity contribution in [2.75, 3.05) is 5.73 Å². The number of nitrogens with one attached hydrogen (secondary N) is 1. The molecule has 2 aromatic carbocycles. The quantitative estimate of drug-likeness (QED) is 0.515. The van der Waals surface area contributed by atoms with Gasteiger partial charge in [-0.1, -0.05) is 23.7 Å². The standard InChI is InChI=1S/C14H12ClN3O3/c15-11-4-1-9(2-5-11)8-17-14(19)10-3-6-12(16)13(7-10)18(20)21/h1-7H,8,16H2,(H,17,19). The summed E-state index contributed by atoms with van der Waals surface area (Å²) in [6.45, 7) is 0.300. The van der Waals surface area contributed by atoms with Gasteiger partial charge in [0, 0.05) is 23.2 Å². The van der Waals surface area contributed by atoms with Crippen LogP contribution in [0.2, 0.25) is 5.02 Å². The number of hydrogen-bond donors (Lipinski definition) is 2. The summed E-state index contributed by atoms with van der Waals surface area (Å²) in [5.41, 5.74) is 6.28. The zero-order valence-corrected chi connectivity index (χ0v) is 11.6. The molecular weight excluding hydrogens is 294 g/mol. The van der Waals surface area contributed by atoms with Gasteiger partial charge in [-0.05, 0) is 29.8 Å². The molecule has 0 heterocycles. The van der Waals surface area contributed by atoms with Crippen LogP contribution in [0, 0.1) is 10.1 Å².